The molecule has 0 aliphatic carbocycles. The Balaban J connectivity index is 1.66. The zero-order valence-corrected chi connectivity index (χ0v) is 15.8. The third-order valence-corrected chi connectivity index (χ3v) is 5.08. The first kappa shape index (κ1) is 17.2. The standard InChI is InChI=1S/C20H18N4O2S/c1-13-10-17(20(25)23-14-5-7-15(26-2)8-6-14)18-11-21-24(19(18)22-13)12-16-4-3-9-27-16/h3-11H,12H2,1-2H3,(H,23,25). The van der Waals surface area contributed by atoms with Gasteiger partial charge in [-0.2, -0.15) is 5.10 Å². The highest BCUT2D eigenvalue weighted by Crippen LogP contribution is 2.22. The Bertz CT molecular complexity index is 1090. The molecule has 1 aromatic carbocycles. The second kappa shape index (κ2) is 7.20. The first-order valence-corrected chi connectivity index (χ1v) is 9.33. The van der Waals surface area contributed by atoms with Gasteiger partial charge in [0.25, 0.3) is 5.91 Å². The van der Waals surface area contributed by atoms with Crippen LogP contribution in [0, 0.1) is 6.92 Å². The molecule has 1 N–H and O–H groups in total. The topological polar surface area (TPSA) is 69.0 Å². The molecule has 4 aromatic rings. The van der Waals surface area contributed by atoms with E-state index in [1.165, 1.54) is 4.88 Å². The predicted octanol–water partition coefficient (Wildman–Crippen LogP) is 4.11. The molecule has 0 bridgehead atoms. The Morgan fingerprint density at radius 1 is 1.26 bits per heavy atom. The van der Waals surface area contributed by atoms with Crippen molar-refractivity contribution in [1.82, 2.24) is 14.8 Å². The van der Waals surface area contributed by atoms with E-state index in [0.29, 0.717) is 23.4 Å². The highest BCUT2D eigenvalue weighted by atomic mass is 32.1. The Morgan fingerprint density at radius 2 is 2.07 bits per heavy atom. The Labute approximate surface area is 160 Å². The lowest BCUT2D eigenvalue weighted by atomic mass is 10.1. The van der Waals surface area contributed by atoms with Crippen LogP contribution in [0.15, 0.2) is 54.0 Å². The van der Waals surface area contributed by atoms with Crippen LogP contribution in [0.1, 0.15) is 20.9 Å². The average molecular weight is 378 g/mol. The number of ether oxygens (including phenoxy) is 1. The molecule has 0 fully saturated rings. The van der Waals surface area contributed by atoms with Gasteiger partial charge in [0, 0.05) is 16.3 Å². The molecule has 0 aliphatic heterocycles. The van der Waals surface area contributed by atoms with Crippen LogP contribution in [-0.4, -0.2) is 27.8 Å². The lowest BCUT2D eigenvalue weighted by Gasteiger charge is -2.08. The molecule has 0 spiro atoms. The molecule has 0 aliphatic rings. The number of carbonyl (C=O) groups excluding carboxylic acids is 1. The molecular formula is C20H18N4O2S. The maximum Gasteiger partial charge on any atom is 0.256 e. The van der Waals surface area contributed by atoms with Gasteiger partial charge in [-0.1, -0.05) is 6.07 Å². The molecule has 3 heterocycles. The van der Waals surface area contributed by atoms with Crippen molar-refractivity contribution in [3.63, 3.8) is 0 Å². The molecule has 6 nitrogen and oxygen atoms in total. The third-order valence-electron chi connectivity index (χ3n) is 4.22. The van der Waals surface area contributed by atoms with Crippen molar-refractivity contribution < 1.29 is 9.53 Å². The van der Waals surface area contributed by atoms with Crippen molar-refractivity contribution >= 4 is 34.0 Å². The van der Waals surface area contributed by atoms with E-state index in [-0.39, 0.29) is 5.91 Å². The van der Waals surface area contributed by atoms with E-state index in [4.69, 9.17) is 4.74 Å². The summed E-state index contributed by atoms with van der Waals surface area (Å²) < 4.78 is 6.98. The van der Waals surface area contributed by atoms with Crippen LogP contribution in [0.5, 0.6) is 5.75 Å². The van der Waals surface area contributed by atoms with Gasteiger partial charge in [0.1, 0.15) is 5.75 Å². The van der Waals surface area contributed by atoms with E-state index in [2.05, 4.69) is 21.5 Å². The summed E-state index contributed by atoms with van der Waals surface area (Å²) in [7, 11) is 1.61. The monoisotopic (exact) mass is 378 g/mol. The number of hydrogen-bond donors (Lipinski definition) is 1. The zero-order chi connectivity index (χ0) is 18.8. The number of benzene rings is 1. The van der Waals surface area contributed by atoms with Gasteiger partial charge in [-0.15, -0.1) is 11.3 Å². The molecule has 0 atom stereocenters. The quantitative estimate of drug-likeness (QED) is 0.567. The van der Waals surface area contributed by atoms with Gasteiger partial charge in [0.2, 0.25) is 0 Å². The summed E-state index contributed by atoms with van der Waals surface area (Å²) in [5.74, 6) is 0.552. The van der Waals surface area contributed by atoms with E-state index in [1.54, 1.807) is 30.7 Å². The normalized spacial score (nSPS) is 10.9. The van der Waals surface area contributed by atoms with Crippen LogP contribution in [-0.2, 0) is 6.54 Å². The second-order valence-electron chi connectivity index (χ2n) is 6.11. The number of aromatic nitrogens is 3. The minimum absolute atomic E-state index is 0.189. The number of anilines is 1. The fraction of sp³-hybridized carbons (Fsp3) is 0.150. The van der Waals surface area contributed by atoms with Crippen molar-refractivity contribution in [1.29, 1.82) is 0 Å². The lowest BCUT2D eigenvalue weighted by molar-refractivity contribution is 0.102. The molecule has 4 rings (SSSR count). The minimum atomic E-state index is -0.189. The number of thiophene rings is 1. The van der Waals surface area contributed by atoms with Gasteiger partial charge in [-0.3, -0.25) is 4.79 Å². The number of hydrogen-bond acceptors (Lipinski definition) is 5. The van der Waals surface area contributed by atoms with Crippen molar-refractivity contribution in [2.45, 2.75) is 13.5 Å². The number of methoxy groups -OCH3 is 1. The molecule has 7 heteroatoms. The van der Waals surface area contributed by atoms with Crippen LogP contribution in [0.3, 0.4) is 0 Å². The largest absolute Gasteiger partial charge is 0.497 e. The van der Waals surface area contributed by atoms with Crippen molar-refractivity contribution in [3.05, 3.63) is 70.2 Å². The van der Waals surface area contributed by atoms with Crippen LogP contribution in [0.2, 0.25) is 0 Å². The Hall–Kier alpha value is -3.19. The molecule has 0 unspecified atom stereocenters. The minimum Gasteiger partial charge on any atom is -0.497 e. The van der Waals surface area contributed by atoms with Crippen molar-refractivity contribution in [3.8, 4) is 5.75 Å². The summed E-state index contributed by atoms with van der Waals surface area (Å²) in [4.78, 5) is 18.6. The number of amides is 1. The highest BCUT2D eigenvalue weighted by Gasteiger charge is 2.16. The number of aryl methyl sites for hydroxylation is 1. The molecule has 3 aromatic heterocycles. The molecule has 0 radical (unpaired) electrons. The predicted molar refractivity (Wildman–Crippen MR) is 107 cm³/mol. The smallest absolute Gasteiger partial charge is 0.256 e. The zero-order valence-electron chi connectivity index (χ0n) is 15.0. The summed E-state index contributed by atoms with van der Waals surface area (Å²) in [6.45, 7) is 2.52. The van der Waals surface area contributed by atoms with E-state index in [0.717, 1.165) is 16.8 Å². The second-order valence-corrected chi connectivity index (χ2v) is 7.14. The van der Waals surface area contributed by atoms with Gasteiger partial charge in [0.15, 0.2) is 5.65 Å². The SMILES string of the molecule is COc1ccc(NC(=O)c2cc(C)nc3c2cnn3Cc2cccs2)cc1. The lowest BCUT2D eigenvalue weighted by Crippen LogP contribution is -2.13. The summed E-state index contributed by atoms with van der Waals surface area (Å²) in [5.41, 5.74) is 2.75. The fourth-order valence-electron chi connectivity index (χ4n) is 2.90. The van der Waals surface area contributed by atoms with Gasteiger partial charge in [-0.05, 0) is 48.7 Å². The van der Waals surface area contributed by atoms with Crippen LogP contribution in [0.25, 0.3) is 11.0 Å². The maximum atomic E-state index is 12.9. The fourth-order valence-corrected chi connectivity index (χ4v) is 3.59. The van der Waals surface area contributed by atoms with Gasteiger partial charge >= 0.3 is 0 Å². The number of pyridine rings is 1. The van der Waals surface area contributed by atoms with Gasteiger partial charge in [-0.25, -0.2) is 9.67 Å². The molecule has 136 valence electrons. The van der Waals surface area contributed by atoms with Gasteiger partial charge < -0.3 is 10.1 Å². The molecule has 27 heavy (non-hydrogen) atoms. The average Bonchev–Trinajstić information content (AvgIpc) is 3.32. The van der Waals surface area contributed by atoms with Crippen molar-refractivity contribution in [2.75, 3.05) is 12.4 Å². The van der Waals surface area contributed by atoms with E-state index < -0.39 is 0 Å². The summed E-state index contributed by atoms with van der Waals surface area (Å²) >= 11 is 1.67. The molecule has 0 saturated carbocycles. The van der Waals surface area contributed by atoms with E-state index in [1.807, 2.05) is 47.3 Å². The maximum absolute atomic E-state index is 12.9. The van der Waals surface area contributed by atoms with Crippen molar-refractivity contribution in [2.24, 2.45) is 0 Å². The van der Waals surface area contributed by atoms with Crippen LogP contribution >= 0.6 is 11.3 Å². The highest BCUT2D eigenvalue weighted by molar-refractivity contribution is 7.09. The number of nitrogens with zero attached hydrogens (tertiary/aromatic N) is 3. The number of rotatable bonds is 5. The number of nitrogens with one attached hydrogen (secondary N) is 1. The summed E-state index contributed by atoms with van der Waals surface area (Å²) in [5, 5.41) is 10.1. The first-order chi connectivity index (χ1) is 13.1. The number of carbonyl (C=O) groups is 1. The molecule has 1 amide bonds. The van der Waals surface area contributed by atoms with Crippen LogP contribution in [0.4, 0.5) is 5.69 Å². The third kappa shape index (κ3) is 3.54. The number of fused-ring (bicyclic) bond motifs is 1. The molecule has 0 saturated heterocycles. The van der Waals surface area contributed by atoms with E-state index >= 15 is 0 Å². The summed E-state index contributed by atoms with van der Waals surface area (Å²) in [6.07, 6.45) is 1.71. The summed E-state index contributed by atoms with van der Waals surface area (Å²) in [6, 6.07) is 13.1. The van der Waals surface area contributed by atoms with Crippen LogP contribution < -0.4 is 10.1 Å². The van der Waals surface area contributed by atoms with Gasteiger partial charge in [0.05, 0.1) is 30.8 Å². The van der Waals surface area contributed by atoms with E-state index in [9.17, 15) is 4.79 Å². The Morgan fingerprint density at radius 3 is 2.78 bits per heavy atom. The Kier molecular flexibility index (Phi) is 4.60. The molecular weight excluding hydrogens is 360 g/mol. The first-order valence-electron chi connectivity index (χ1n) is 8.45.